The Bertz CT molecular complexity index is 548. The molecule has 0 unspecified atom stereocenters. The van der Waals surface area contributed by atoms with Gasteiger partial charge in [0, 0.05) is 30.6 Å². The van der Waals surface area contributed by atoms with E-state index in [-0.39, 0.29) is 17.2 Å². The van der Waals surface area contributed by atoms with Crippen molar-refractivity contribution in [3.8, 4) is 0 Å². The Morgan fingerprint density at radius 3 is 2.84 bits per heavy atom. The topological polar surface area (TPSA) is 79.6 Å². The molecule has 1 fully saturated rings. The van der Waals surface area contributed by atoms with Crippen molar-refractivity contribution < 1.29 is 14.7 Å². The van der Waals surface area contributed by atoms with Crippen molar-refractivity contribution in [3.63, 3.8) is 0 Å². The Balaban J connectivity index is 1.98. The number of carbonyl (C=O) groups is 2. The summed E-state index contributed by atoms with van der Waals surface area (Å²) < 4.78 is 1.55. The van der Waals surface area contributed by atoms with Crippen LogP contribution in [0.2, 0.25) is 0 Å². The zero-order chi connectivity index (χ0) is 14.0. The van der Waals surface area contributed by atoms with Crippen LogP contribution >= 0.6 is 11.3 Å². The fraction of sp³-hybridized carbons (Fsp3) is 0.583. The monoisotopic (exact) mass is 284 g/mol. The molecule has 1 aromatic heterocycles. The summed E-state index contributed by atoms with van der Waals surface area (Å²) in [6, 6.07) is -0.701. The third kappa shape index (κ3) is 2.86. The zero-order valence-corrected chi connectivity index (χ0v) is 11.5. The molecule has 1 saturated heterocycles. The summed E-state index contributed by atoms with van der Waals surface area (Å²) in [4.78, 5) is 35.9. The maximum atomic E-state index is 12.0. The molecule has 7 heteroatoms. The molecule has 1 atom stereocenters. The van der Waals surface area contributed by atoms with Crippen molar-refractivity contribution in [2.24, 2.45) is 0 Å². The van der Waals surface area contributed by atoms with E-state index >= 15 is 0 Å². The average molecular weight is 284 g/mol. The number of nitrogens with zero attached hydrogens (tertiary/aromatic N) is 2. The molecule has 6 nitrogen and oxygen atoms in total. The summed E-state index contributed by atoms with van der Waals surface area (Å²) >= 11 is 1.11. The van der Waals surface area contributed by atoms with Gasteiger partial charge in [-0.25, -0.2) is 4.79 Å². The highest BCUT2D eigenvalue weighted by molar-refractivity contribution is 7.07. The normalized spacial score (nSPS) is 18.8. The van der Waals surface area contributed by atoms with Gasteiger partial charge >= 0.3 is 10.8 Å². The van der Waals surface area contributed by atoms with Gasteiger partial charge in [0.05, 0.1) is 0 Å². The second-order valence-electron chi connectivity index (χ2n) is 4.63. The number of carbonyl (C=O) groups excluding carboxylic acids is 1. The predicted molar refractivity (Wildman–Crippen MR) is 70.3 cm³/mol. The van der Waals surface area contributed by atoms with Crippen molar-refractivity contribution >= 4 is 23.2 Å². The van der Waals surface area contributed by atoms with Gasteiger partial charge in [-0.05, 0) is 19.8 Å². The van der Waals surface area contributed by atoms with Crippen LogP contribution in [0.25, 0.3) is 0 Å². The van der Waals surface area contributed by atoms with Crippen molar-refractivity contribution in [1.82, 2.24) is 9.47 Å². The quantitative estimate of drug-likeness (QED) is 0.882. The number of aromatic nitrogens is 1. The number of hydrogen-bond acceptors (Lipinski definition) is 4. The van der Waals surface area contributed by atoms with E-state index in [2.05, 4.69) is 0 Å². The van der Waals surface area contributed by atoms with Gasteiger partial charge in [0.1, 0.15) is 6.04 Å². The van der Waals surface area contributed by atoms with Crippen LogP contribution in [0.15, 0.2) is 10.2 Å². The lowest BCUT2D eigenvalue weighted by atomic mass is 10.2. The van der Waals surface area contributed by atoms with Crippen molar-refractivity contribution in [3.05, 3.63) is 20.7 Å². The molecule has 1 aliphatic rings. The van der Waals surface area contributed by atoms with Crippen molar-refractivity contribution in [2.45, 2.75) is 38.8 Å². The highest BCUT2D eigenvalue weighted by atomic mass is 32.1. The van der Waals surface area contributed by atoms with Crippen LogP contribution in [0, 0.1) is 6.92 Å². The van der Waals surface area contributed by atoms with Crippen LogP contribution in [0.3, 0.4) is 0 Å². The van der Waals surface area contributed by atoms with E-state index in [4.69, 9.17) is 5.11 Å². The van der Waals surface area contributed by atoms with E-state index in [0.29, 0.717) is 19.5 Å². The molecule has 0 spiro atoms. The third-order valence-corrected chi connectivity index (χ3v) is 4.26. The number of amides is 1. The van der Waals surface area contributed by atoms with E-state index in [1.165, 1.54) is 4.90 Å². The number of rotatable bonds is 4. The van der Waals surface area contributed by atoms with Gasteiger partial charge in [0.15, 0.2) is 0 Å². The first-order chi connectivity index (χ1) is 9.00. The minimum atomic E-state index is -0.949. The first kappa shape index (κ1) is 13.8. The van der Waals surface area contributed by atoms with E-state index in [1.54, 1.807) is 9.95 Å². The minimum Gasteiger partial charge on any atom is -0.480 e. The number of carboxylic acid groups (broad SMARTS) is 1. The molecule has 104 valence electrons. The fourth-order valence-electron chi connectivity index (χ4n) is 2.35. The molecule has 1 N–H and O–H groups in total. The molecule has 0 radical (unpaired) electrons. The summed E-state index contributed by atoms with van der Waals surface area (Å²) in [5.74, 6) is -1.14. The number of thiazole rings is 1. The first-order valence-corrected chi connectivity index (χ1v) is 7.06. The Kier molecular flexibility index (Phi) is 4.04. The average Bonchev–Trinajstić information content (AvgIpc) is 2.95. The Hall–Kier alpha value is -1.63. The van der Waals surface area contributed by atoms with E-state index in [1.807, 2.05) is 6.92 Å². The number of aliphatic carboxylic acids is 1. The second kappa shape index (κ2) is 5.56. The molecule has 0 saturated carbocycles. The molecule has 0 aromatic carbocycles. The SMILES string of the molecule is Cc1csc(=O)n1CCC(=O)N1CCC[C@@H]1C(=O)O. The Labute approximate surface area is 114 Å². The van der Waals surface area contributed by atoms with Gasteiger partial charge in [0.2, 0.25) is 5.91 Å². The maximum Gasteiger partial charge on any atom is 0.326 e. The van der Waals surface area contributed by atoms with Gasteiger partial charge in [-0.3, -0.25) is 9.59 Å². The van der Waals surface area contributed by atoms with Gasteiger partial charge in [-0.2, -0.15) is 0 Å². The lowest BCUT2D eigenvalue weighted by Gasteiger charge is -2.21. The summed E-state index contributed by atoms with van der Waals surface area (Å²) in [7, 11) is 0. The zero-order valence-electron chi connectivity index (χ0n) is 10.7. The van der Waals surface area contributed by atoms with Gasteiger partial charge < -0.3 is 14.6 Å². The van der Waals surface area contributed by atoms with Crippen LogP contribution in [0.1, 0.15) is 25.0 Å². The van der Waals surface area contributed by atoms with Crippen molar-refractivity contribution in [1.29, 1.82) is 0 Å². The van der Waals surface area contributed by atoms with Crippen LogP contribution in [-0.4, -0.2) is 39.0 Å². The molecule has 1 aromatic rings. The third-order valence-electron chi connectivity index (χ3n) is 3.38. The summed E-state index contributed by atoms with van der Waals surface area (Å²) in [6.07, 6.45) is 1.40. The maximum absolute atomic E-state index is 12.0. The van der Waals surface area contributed by atoms with Gasteiger partial charge in [-0.15, -0.1) is 0 Å². The summed E-state index contributed by atoms with van der Waals surface area (Å²) in [6.45, 7) is 2.63. The molecule has 0 bridgehead atoms. The number of aryl methyl sites for hydroxylation is 1. The molecular formula is C12H16N2O4S. The fourth-order valence-corrected chi connectivity index (χ4v) is 3.11. The molecular weight excluding hydrogens is 268 g/mol. The lowest BCUT2D eigenvalue weighted by molar-refractivity contribution is -0.148. The van der Waals surface area contributed by atoms with E-state index < -0.39 is 12.0 Å². The molecule has 2 heterocycles. The largest absolute Gasteiger partial charge is 0.480 e. The van der Waals surface area contributed by atoms with Crippen molar-refractivity contribution in [2.75, 3.05) is 6.54 Å². The molecule has 1 aliphatic heterocycles. The van der Waals surface area contributed by atoms with Crippen LogP contribution < -0.4 is 4.87 Å². The number of carboxylic acids is 1. The standard InChI is InChI=1S/C12H16N2O4S/c1-8-7-19-12(18)13(8)6-4-10(15)14-5-2-3-9(14)11(16)17/h7,9H,2-6H2,1H3,(H,16,17)/t9-/m1/s1. The Morgan fingerprint density at radius 1 is 1.53 bits per heavy atom. The summed E-state index contributed by atoms with van der Waals surface area (Å²) in [5, 5.41) is 10.8. The molecule has 1 amide bonds. The molecule has 19 heavy (non-hydrogen) atoms. The predicted octanol–water partition coefficient (Wildman–Crippen LogP) is 0.684. The van der Waals surface area contributed by atoms with Crippen LogP contribution in [0.4, 0.5) is 0 Å². The lowest BCUT2D eigenvalue weighted by Crippen LogP contribution is -2.40. The molecule has 2 rings (SSSR count). The highest BCUT2D eigenvalue weighted by Crippen LogP contribution is 2.18. The van der Waals surface area contributed by atoms with Crippen LogP contribution in [0.5, 0.6) is 0 Å². The number of likely N-dealkylation sites (tertiary alicyclic amines) is 1. The Morgan fingerprint density at radius 2 is 2.26 bits per heavy atom. The van der Waals surface area contributed by atoms with Crippen LogP contribution in [-0.2, 0) is 16.1 Å². The second-order valence-corrected chi connectivity index (χ2v) is 5.45. The molecule has 0 aliphatic carbocycles. The summed E-state index contributed by atoms with van der Waals surface area (Å²) in [5.41, 5.74) is 0.832. The smallest absolute Gasteiger partial charge is 0.326 e. The first-order valence-electron chi connectivity index (χ1n) is 6.18. The van der Waals surface area contributed by atoms with Gasteiger partial charge in [-0.1, -0.05) is 11.3 Å². The van der Waals surface area contributed by atoms with E-state index in [0.717, 1.165) is 23.5 Å². The highest BCUT2D eigenvalue weighted by Gasteiger charge is 2.33. The van der Waals surface area contributed by atoms with E-state index in [9.17, 15) is 14.4 Å². The van der Waals surface area contributed by atoms with Gasteiger partial charge in [0.25, 0.3) is 0 Å². The minimum absolute atomic E-state index is 0.0819. The number of hydrogen-bond donors (Lipinski definition) is 1.